The molecule has 1 aliphatic rings. The summed E-state index contributed by atoms with van der Waals surface area (Å²) in [4.78, 5) is 13.6. The lowest BCUT2D eigenvalue weighted by Gasteiger charge is -2.50. The van der Waals surface area contributed by atoms with Gasteiger partial charge in [0.05, 0.1) is 0 Å². The van der Waals surface area contributed by atoms with Gasteiger partial charge in [0.25, 0.3) is 0 Å². The second-order valence-corrected chi connectivity index (χ2v) is 11.6. The van der Waals surface area contributed by atoms with Crippen molar-refractivity contribution in [2.45, 2.75) is 88.0 Å². The minimum atomic E-state index is 0.182. The maximum Gasteiger partial charge on any atom is 0.222 e. The van der Waals surface area contributed by atoms with E-state index in [4.69, 9.17) is 0 Å². The quantitative estimate of drug-likeness (QED) is 0.493. The van der Waals surface area contributed by atoms with Crippen LogP contribution in [0.2, 0.25) is 0 Å². The predicted molar refractivity (Wildman–Crippen MR) is 110 cm³/mol. The van der Waals surface area contributed by atoms with E-state index in [-0.39, 0.29) is 27.6 Å². The van der Waals surface area contributed by atoms with Crippen molar-refractivity contribution in [2.24, 2.45) is 27.6 Å². The van der Waals surface area contributed by atoms with Crippen LogP contribution < -0.4 is 0 Å². The first-order valence-corrected chi connectivity index (χ1v) is 9.89. The molecule has 0 spiro atoms. The van der Waals surface area contributed by atoms with E-state index < -0.39 is 0 Å². The van der Waals surface area contributed by atoms with E-state index in [2.05, 4.69) is 68.9 Å². The summed E-state index contributed by atoms with van der Waals surface area (Å²) in [7, 11) is 1.91. The van der Waals surface area contributed by atoms with Gasteiger partial charge in [-0.3, -0.25) is 4.79 Å². The Labute approximate surface area is 157 Å². The Hall–Kier alpha value is -0.790. The van der Waals surface area contributed by atoms with Crippen LogP contribution in [0.4, 0.5) is 0 Å². The first-order chi connectivity index (χ1) is 11.0. The second kappa shape index (κ2) is 7.08. The van der Waals surface area contributed by atoms with Crippen LogP contribution in [0.3, 0.4) is 0 Å². The van der Waals surface area contributed by atoms with E-state index in [0.717, 1.165) is 19.4 Å². The van der Waals surface area contributed by atoms with Crippen molar-refractivity contribution in [3.8, 4) is 0 Å². The lowest BCUT2D eigenvalue weighted by atomic mass is 9.55. The molecule has 1 aliphatic heterocycles. The van der Waals surface area contributed by atoms with Crippen LogP contribution in [-0.4, -0.2) is 24.4 Å². The first-order valence-electron chi connectivity index (χ1n) is 9.89. The SMILES string of the molecule is C=C(CC1CC(=O)N(C)C1)CC(C)(C)C(C)(C)CC(C)(C)C(C)(C)C. The van der Waals surface area contributed by atoms with Gasteiger partial charge in [0.15, 0.2) is 0 Å². The second-order valence-electron chi connectivity index (χ2n) is 11.6. The molecule has 0 N–H and O–H groups in total. The minimum Gasteiger partial charge on any atom is -0.345 e. The van der Waals surface area contributed by atoms with Crippen LogP contribution in [0, 0.1) is 27.6 Å². The molecular formula is C23H43NO. The average molecular weight is 350 g/mol. The molecule has 1 rings (SSSR count). The lowest BCUT2D eigenvalue weighted by molar-refractivity contribution is -0.126. The highest BCUT2D eigenvalue weighted by atomic mass is 16.2. The highest BCUT2D eigenvalue weighted by Gasteiger charge is 2.44. The van der Waals surface area contributed by atoms with E-state index in [9.17, 15) is 4.79 Å². The lowest BCUT2D eigenvalue weighted by Crippen LogP contribution is -2.41. The van der Waals surface area contributed by atoms with Crippen LogP contribution in [-0.2, 0) is 4.79 Å². The van der Waals surface area contributed by atoms with Gasteiger partial charge in [0.2, 0.25) is 5.91 Å². The van der Waals surface area contributed by atoms with Gasteiger partial charge in [-0.15, -0.1) is 0 Å². The third kappa shape index (κ3) is 5.34. The van der Waals surface area contributed by atoms with Crippen molar-refractivity contribution in [3.05, 3.63) is 12.2 Å². The topological polar surface area (TPSA) is 20.3 Å². The summed E-state index contributed by atoms with van der Waals surface area (Å²) in [5, 5.41) is 0. The molecule has 1 amide bonds. The van der Waals surface area contributed by atoms with Gasteiger partial charge in [-0.05, 0) is 46.8 Å². The minimum absolute atomic E-state index is 0.182. The van der Waals surface area contributed by atoms with Gasteiger partial charge in [0, 0.05) is 20.0 Å². The zero-order valence-electron chi connectivity index (χ0n) is 18.7. The van der Waals surface area contributed by atoms with Crippen LogP contribution in [0.15, 0.2) is 12.2 Å². The van der Waals surface area contributed by atoms with Gasteiger partial charge in [0.1, 0.15) is 0 Å². The summed E-state index contributed by atoms with van der Waals surface area (Å²) in [6, 6.07) is 0. The Morgan fingerprint density at radius 3 is 1.92 bits per heavy atom. The zero-order valence-corrected chi connectivity index (χ0v) is 18.7. The number of carbonyl (C=O) groups is 1. The van der Waals surface area contributed by atoms with Gasteiger partial charge in [-0.25, -0.2) is 0 Å². The number of likely N-dealkylation sites (tertiary alicyclic amines) is 1. The zero-order chi connectivity index (χ0) is 19.8. The smallest absolute Gasteiger partial charge is 0.222 e. The number of rotatable bonds is 7. The van der Waals surface area contributed by atoms with E-state index in [1.807, 2.05) is 11.9 Å². The largest absolute Gasteiger partial charge is 0.345 e. The summed E-state index contributed by atoms with van der Waals surface area (Å²) >= 11 is 0. The van der Waals surface area contributed by atoms with E-state index in [0.29, 0.717) is 12.3 Å². The Kier molecular flexibility index (Phi) is 6.30. The van der Waals surface area contributed by atoms with Crippen LogP contribution >= 0.6 is 0 Å². The molecule has 0 saturated carbocycles. The third-order valence-corrected chi connectivity index (χ3v) is 7.44. The molecule has 146 valence electrons. The molecule has 25 heavy (non-hydrogen) atoms. The summed E-state index contributed by atoms with van der Waals surface area (Å²) in [5.41, 5.74) is 2.26. The van der Waals surface area contributed by atoms with Crippen molar-refractivity contribution < 1.29 is 4.79 Å². The van der Waals surface area contributed by atoms with E-state index in [1.165, 1.54) is 12.0 Å². The maximum atomic E-state index is 11.8. The highest BCUT2D eigenvalue weighted by molar-refractivity contribution is 5.78. The van der Waals surface area contributed by atoms with Crippen LogP contribution in [0.25, 0.3) is 0 Å². The normalized spacial score (nSPS) is 20.3. The number of allylic oxidation sites excluding steroid dienone is 1. The van der Waals surface area contributed by atoms with E-state index >= 15 is 0 Å². The number of hydrogen-bond acceptors (Lipinski definition) is 1. The van der Waals surface area contributed by atoms with Gasteiger partial charge in [-0.1, -0.05) is 74.5 Å². The number of hydrogen-bond donors (Lipinski definition) is 0. The van der Waals surface area contributed by atoms with Gasteiger partial charge >= 0.3 is 0 Å². The molecular weight excluding hydrogens is 306 g/mol. The molecule has 0 aromatic rings. The summed E-state index contributed by atoms with van der Waals surface area (Å²) < 4.78 is 0. The Bertz CT molecular complexity index is 505. The highest BCUT2D eigenvalue weighted by Crippen LogP contribution is 2.54. The fraction of sp³-hybridized carbons (Fsp3) is 0.870. The summed E-state index contributed by atoms with van der Waals surface area (Å²) in [6.07, 6.45) is 3.90. The number of nitrogens with zero attached hydrogens (tertiary/aromatic N) is 1. The monoisotopic (exact) mass is 349 g/mol. The molecule has 0 bridgehead atoms. The number of carbonyl (C=O) groups excluding carboxylic acids is 1. The van der Waals surface area contributed by atoms with Gasteiger partial charge < -0.3 is 4.90 Å². The number of amides is 1. The third-order valence-electron chi connectivity index (χ3n) is 7.44. The predicted octanol–water partition coefficient (Wildman–Crippen LogP) is 6.32. The standard InChI is InChI=1S/C23H43NO/c1-17(12-18-13-19(25)24(11)15-18)14-21(5,6)23(9,10)16-22(7,8)20(2,3)4/h18H,1,12-16H2,2-11H3. The Morgan fingerprint density at radius 1 is 1.00 bits per heavy atom. The van der Waals surface area contributed by atoms with Crippen molar-refractivity contribution in [1.29, 1.82) is 0 Å². The van der Waals surface area contributed by atoms with Gasteiger partial charge in [-0.2, -0.15) is 0 Å². The molecule has 2 nitrogen and oxygen atoms in total. The average Bonchev–Trinajstić information content (AvgIpc) is 2.63. The van der Waals surface area contributed by atoms with Crippen molar-refractivity contribution in [3.63, 3.8) is 0 Å². The van der Waals surface area contributed by atoms with E-state index in [1.54, 1.807) is 0 Å². The molecule has 0 aromatic carbocycles. The fourth-order valence-electron chi connectivity index (χ4n) is 4.05. The fourth-order valence-corrected chi connectivity index (χ4v) is 4.05. The van der Waals surface area contributed by atoms with Crippen LogP contribution in [0.5, 0.6) is 0 Å². The molecule has 0 radical (unpaired) electrons. The summed E-state index contributed by atoms with van der Waals surface area (Å²) in [5.74, 6) is 0.735. The molecule has 1 saturated heterocycles. The van der Waals surface area contributed by atoms with Crippen molar-refractivity contribution in [2.75, 3.05) is 13.6 Å². The summed E-state index contributed by atoms with van der Waals surface area (Å²) in [6.45, 7) is 26.7. The molecule has 1 heterocycles. The molecule has 1 unspecified atom stereocenters. The Morgan fingerprint density at radius 2 is 1.52 bits per heavy atom. The molecule has 0 aliphatic carbocycles. The maximum absolute atomic E-state index is 11.8. The van der Waals surface area contributed by atoms with Crippen molar-refractivity contribution in [1.82, 2.24) is 4.90 Å². The first kappa shape index (κ1) is 22.3. The molecule has 2 heteroatoms. The van der Waals surface area contributed by atoms with Crippen molar-refractivity contribution >= 4 is 5.91 Å². The van der Waals surface area contributed by atoms with Crippen LogP contribution in [0.1, 0.15) is 88.0 Å². The molecule has 1 fully saturated rings. The molecule has 0 aromatic heterocycles. The Balaban J connectivity index is 2.75. The molecule has 1 atom stereocenters.